The first-order valence-corrected chi connectivity index (χ1v) is 5.26. The predicted molar refractivity (Wildman–Crippen MR) is 64.4 cm³/mol. The van der Waals surface area contributed by atoms with Gasteiger partial charge in [0.2, 0.25) is 0 Å². The maximum absolute atomic E-state index is 13.0. The van der Waals surface area contributed by atoms with Gasteiger partial charge < -0.3 is 10.8 Å². The van der Waals surface area contributed by atoms with E-state index in [1.807, 2.05) is 0 Å². The van der Waals surface area contributed by atoms with Crippen LogP contribution in [0.5, 0.6) is 0 Å². The summed E-state index contributed by atoms with van der Waals surface area (Å²) in [7, 11) is 0. The van der Waals surface area contributed by atoms with Crippen LogP contribution in [0.1, 0.15) is 21.6 Å². The second kappa shape index (κ2) is 4.14. The molecule has 2 rings (SSSR count). The highest BCUT2D eigenvalue weighted by atomic mass is 19.1. The quantitative estimate of drug-likeness (QED) is 0.851. The summed E-state index contributed by atoms with van der Waals surface area (Å²) >= 11 is 0. The zero-order chi connectivity index (χ0) is 13.4. The highest BCUT2D eigenvalue weighted by Gasteiger charge is 2.20. The van der Waals surface area contributed by atoms with Crippen LogP contribution in [-0.4, -0.2) is 20.9 Å². The number of halogens is 1. The van der Waals surface area contributed by atoms with E-state index in [-0.39, 0.29) is 17.2 Å². The number of nitrogen functional groups attached to an aromatic ring is 1. The Morgan fingerprint density at radius 3 is 2.61 bits per heavy atom. The third kappa shape index (κ3) is 1.81. The Kier molecular flexibility index (Phi) is 2.78. The number of aromatic nitrogens is 2. The van der Waals surface area contributed by atoms with E-state index in [0.717, 1.165) is 0 Å². The van der Waals surface area contributed by atoms with Gasteiger partial charge in [0.1, 0.15) is 17.2 Å². The van der Waals surface area contributed by atoms with Crippen LogP contribution >= 0.6 is 0 Å². The molecule has 1 heterocycles. The zero-order valence-electron chi connectivity index (χ0n) is 9.94. The molecule has 0 atom stereocenters. The molecule has 0 aliphatic rings. The number of nitrogens with zero attached hydrogens (tertiary/aromatic N) is 2. The highest BCUT2D eigenvalue weighted by molar-refractivity contribution is 5.94. The minimum absolute atomic E-state index is 0.0290. The van der Waals surface area contributed by atoms with Crippen molar-refractivity contribution in [3.8, 4) is 5.69 Å². The molecule has 2 aromatic rings. The van der Waals surface area contributed by atoms with Gasteiger partial charge in [-0.15, -0.1) is 0 Å². The number of nitrogens with two attached hydrogens (primary N) is 1. The van der Waals surface area contributed by atoms with E-state index in [4.69, 9.17) is 10.8 Å². The summed E-state index contributed by atoms with van der Waals surface area (Å²) in [6, 6.07) is 4.13. The summed E-state index contributed by atoms with van der Waals surface area (Å²) in [5, 5.41) is 13.1. The van der Waals surface area contributed by atoms with Crippen LogP contribution in [-0.2, 0) is 0 Å². The molecule has 94 valence electrons. The van der Waals surface area contributed by atoms with Crippen molar-refractivity contribution in [2.75, 3.05) is 5.73 Å². The van der Waals surface area contributed by atoms with Crippen molar-refractivity contribution < 1.29 is 14.3 Å². The fraction of sp³-hybridized carbons (Fsp3) is 0.167. The lowest BCUT2D eigenvalue weighted by molar-refractivity contribution is 0.0697. The van der Waals surface area contributed by atoms with Crippen LogP contribution < -0.4 is 5.73 Å². The highest BCUT2D eigenvalue weighted by Crippen LogP contribution is 2.23. The molecule has 0 spiro atoms. The van der Waals surface area contributed by atoms with Crippen LogP contribution in [0.2, 0.25) is 0 Å². The van der Waals surface area contributed by atoms with E-state index >= 15 is 0 Å². The third-order valence-corrected chi connectivity index (χ3v) is 2.70. The van der Waals surface area contributed by atoms with E-state index in [9.17, 15) is 9.18 Å². The fourth-order valence-electron chi connectivity index (χ4n) is 1.85. The van der Waals surface area contributed by atoms with Crippen molar-refractivity contribution in [3.05, 3.63) is 40.8 Å². The number of hydrogen-bond donors (Lipinski definition) is 2. The number of aromatic carboxylic acids is 1. The first kappa shape index (κ1) is 12.1. The van der Waals surface area contributed by atoms with Crippen LogP contribution in [0.3, 0.4) is 0 Å². The summed E-state index contributed by atoms with van der Waals surface area (Å²) in [6.07, 6.45) is 0. The lowest BCUT2D eigenvalue weighted by Crippen LogP contribution is -2.07. The normalized spacial score (nSPS) is 10.6. The molecule has 1 aromatic carbocycles. The Balaban J connectivity index is 2.65. The van der Waals surface area contributed by atoms with Gasteiger partial charge in [-0.2, -0.15) is 5.10 Å². The first-order valence-electron chi connectivity index (χ1n) is 5.26. The van der Waals surface area contributed by atoms with Crippen molar-refractivity contribution in [2.45, 2.75) is 13.8 Å². The molecule has 0 radical (unpaired) electrons. The van der Waals surface area contributed by atoms with Gasteiger partial charge in [-0.05, 0) is 37.6 Å². The molecule has 5 nitrogen and oxygen atoms in total. The molecular weight excluding hydrogens is 237 g/mol. The lowest BCUT2D eigenvalue weighted by Gasteiger charge is -2.07. The Labute approximate surface area is 103 Å². The van der Waals surface area contributed by atoms with Crippen LogP contribution in [0.25, 0.3) is 5.69 Å². The van der Waals surface area contributed by atoms with Gasteiger partial charge in [0.05, 0.1) is 11.4 Å². The van der Waals surface area contributed by atoms with E-state index in [1.165, 1.54) is 22.9 Å². The Morgan fingerprint density at radius 1 is 1.44 bits per heavy atom. The average molecular weight is 249 g/mol. The van der Waals surface area contributed by atoms with Gasteiger partial charge in [-0.3, -0.25) is 0 Å². The average Bonchev–Trinajstić information content (AvgIpc) is 2.54. The molecule has 1 aromatic heterocycles. The predicted octanol–water partition coefficient (Wildman–Crippen LogP) is 1.91. The Morgan fingerprint density at radius 2 is 2.11 bits per heavy atom. The Bertz CT molecular complexity index is 634. The number of aryl methyl sites for hydroxylation is 2. The number of rotatable bonds is 2. The summed E-state index contributed by atoms with van der Waals surface area (Å²) in [4.78, 5) is 11.0. The summed E-state index contributed by atoms with van der Waals surface area (Å²) in [5.74, 6) is -1.46. The number of benzene rings is 1. The standard InChI is InChI=1S/C12H12FN3O2/c1-6-5-8(13)3-4-9(6)16-11(14)10(12(17)18)7(2)15-16/h3-5H,14H2,1-2H3,(H,17,18). The van der Waals surface area contributed by atoms with E-state index in [0.29, 0.717) is 16.9 Å². The van der Waals surface area contributed by atoms with Crippen LogP contribution in [0.4, 0.5) is 10.2 Å². The molecule has 3 N–H and O–H groups in total. The molecule has 6 heteroatoms. The topological polar surface area (TPSA) is 81.1 Å². The molecular formula is C12H12FN3O2. The summed E-state index contributed by atoms with van der Waals surface area (Å²) in [6.45, 7) is 3.27. The largest absolute Gasteiger partial charge is 0.477 e. The molecule has 0 unspecified atom stereocenters. The summed E-state index contributed by atoms with van der Waals surface area (Å²) < 4.78 is 14.3. The molecule has 0 aliphatic heterocycles. The lowest BCUT2D eigenvalue weighted by atomic mass is 10.2. The molecule has 0 aliphatic carbocycles. The van der Waals surface area contributed by atoms with E-state index in [1.54, 1.807) is 13.8 Å². The SMILES string of the molecule is Cc1cc(F)ccc1-n1nc(C)c(C(=O)O)c1N. The van der Waals surface area contributed by atoms with Gasteiger partial charge in [0.15, 0.2) is 0 Å². The Hall–Kier alpha value is -2.37. The van der Waals surface area contributed by atoms with Gasteiger partial charge >= 0.3 is 5.97 Å². The first-order chi connectivity index (χ1) is 8.41. The van der Waals surface area contributed by atoms with Crippen molar-refractivity contribution in [1.82, 2.24) is 9.78 Å². The molecule has 0 amide bonds. The minimum atomic E-state index is -1.13. The second-order valence-corrected chi connectivity index (χ2v) is 3.99. The van der Waals surface area contributed by atoms with E-state index in [2.05, 4.69) is 5.10 Å². The number of anilines is 1. The van der Waals surface area contributed by atoms with Crippen LogP contribution in [0.15, 0.2) is 18.2 Å². The van der Waals surface area contributed by atoms with Crippen molar-refractivity contribution in [1.29, 1.82) is 0 Å². The molecule has 0 saturated heterocycles. The monoisotopic (exact) mass is 249 g/mol. The second-order valence-electron chi connectivity index (χ2n) is 3.99. The third-order valence-electron chi connectivity index (χ3n) is 2.70. The zero-order valence-corrected chi connectivity index (χ0v) is 9.94. The summed E-state index contributed by atoms with van der Waals surface area (Å²) in [5.41, 5.74) is 7.25. The van der Waals surface area contributed by atoms with Gasteiger partial charge in [0.25, 0.3) is 0 Å². The van der Waals surface area contributed by atoms with Crippen molar-refractivity contribution in [2.24, 2.45) is 0 Å². The molecule has 0 bridgehead atoms. The van der Waals surface area contributed by atoms with Gasteiger partial charge in [-0.1, -0.05) is 0 Å². The number of carbonyl (C=O) groups is 1. The minimum Gasteiger partial charge on any atom is -0.477 e. The van der Waals surface area contributed by atoms with Gasteiger partial charge in [-0.25, -0.2) is 13.9 Å². The molecule has 0 fully saturated rings. The fourth-order valence-corrected chi connectivity index (χ4v) is 1.85. The van der Waals surface area contributed by atoms with Crippen molar-refractivity contribution >= 4 is 11.8 Å². The molecule has 0 saturated carbocycles. The van der Waals surface area contributed by atoms with Gasteiger partial charge in [0, 0.05) is 0 Å². The number of hydrogen-bond acceptors (Lipinski definition) is 3. The van der Waals surface area contributed by atoms with E-state index < -0.39 is 5.97 Å². The maximum Gasteiger partial charge on any atom is 0.341 e. The smallest absolute Gasteiger partial charge is 0.341 e. The number of carboxylic acid groups (broad SMARTS) is 1. The number of carboxylic acids is 1. The molecule has 18 heavy (non-hydrogen) atoms. The van der Waals surface area contributed by atoms with Crippen molar-refractivity contribution in [3.63, 3.8) is 0 Å². The van der Waals surface area contributed by atoms with Crippen LogP contribution in [0, 0.1) is 19.7 Å². The maximum atomic E-state index is 13.0.